The molecule has 0 radical (unpaired) electrons. The summed E-state index contributed by atoms with van der Waals surface area (Å²) in [5, 5.41) is 2.88. The molecule has 7 nitrogen and oxygen atoms in total. The molecule has 0 unspecified atom stereocenters. The molecule has 0 saturated carbocycles. The van der Waals surface area contributed by atoms with Crippen LogP contribution in [0.3, 0.4) is 0 Å². The molecule has 2 rings (SSSR count). The lowest BCUT2D eigenvalue weighted by Gasteiger charge is -2.33. The Labute approximate surface area is 130 Å². The second-order valence-corrected chi connectivity index (χ2v) is 5.35. The fourth-order valence-corrected chi connectivity index (χ4v) is 2.37. The molecule has 0 atom stereocenters. The Morgan fingerprint density at radius 3 is 2.73 bits per heavy atom. The second kappa shape index (κ2) is 8.31. The third-order valence-electron chi connectivity index (χ3n) is 3.74. The summed E-state index contributed by atoms with van der Waals surface area (Å²) < 4.78 is 0. The topological polar surface area (TPSA) is 78.4 Å². The molecule has 1 fully saturated rings. The predicted molar refractivity (Wildman–Crippen MR) is 83.7 cm³/mol. The van der Waals surface area contributed by atoms with Gasteiger partial charge in [0.05, 0.1) is 0 Å². The molecule has 7 heteroatoms. The maximum Gasteiger partial charge on any atom is 0.270 e. The number of nitrogens with zero attached hydrogens (tertiary/aromatic N) is 4. The average Bonchev–Trinajstić information content (AvgIpc) is 2.59. The van der Waals surface area contributed by atoms with Crippen molar-refractivity contribution in [2.24, 2.45) is 0 Å². The summed E-state index contributed by atoms with van der Waals surface area (Å²) in [4.78, 5) is 34.9. The zero-order valence-corrected chi connectivity index (χ0v) is 13.0. The zero-order valence-electron chi connectivity index (χ0n) is 13.0. The van der Waals surface area contributed by atoms with E-state index in [4.69, 9.17) is 0 Å². The highest BCUT2D eigenvalue weighted by Crippen LogP contribution is 2.13. The van der Waals surface area contributed by atoms with Crippen LogP contribution in [0.25, 0.3) is 0 Å². The van der Waals surface area contributed by atoms with Gasteiger partial charge in [0.1, 0.15) is 17.8 Å². The number of carbonyl (C=O) groups excluding carboxylic acids is 2. The van der Waals surface area contributed by atoms with Crippen LogP contribution >= 0.6 is 0 Å². The fourth-order valence-electron chi connectivity index (χ4n) is 2.37. The number of hydrogen-bond donors (Lipinski definition) is 1. The molecular weight excluding hydrogens is 282 g/mol. The summed E-state index contributed by atoms with van der Waals surface area (Å²) in [6.07, 6.45) is 5.50. The van der Waals surface area contributed by atoms with Gasteiger partial charge in [-0.15, -0.1) is 0 Å². The Morgan fingerprint density at radius 1 is 1.27 bits per heavy atom. The quantitative estimate of drug-likeness (QED) is 0.592. The van der Waals surface area contributed by atoms with Crippen molar-refractivity contribution >= 4 is 18.1 Å². The minimum absolute atomic E-state index is 0.161. The first kappa shape index (κ1) is 16.2. The monoisotopic (exact) mass is 305 g/mol. The van der Waals surface area contributed by atoms with Crippen LogP contribution in [0.4, 0.5) is 5.82 Å². The highest BCUT2D eigenvalue weighted by molar-refractivity contribution is 5.92. The van der Waals surface area contributed by atoms with Gasteiger partial charge in [-0.3, -0.25) is 9.59 Å². The summed E-state index contributed by atoms with van der Waals surface area (Å²) >= 11 is 0. The number of anilines is 1. The highest BCUT2D eigenvalue weighted by atomic mass is 16.2. The summed E-state index contributed by atoms with van der Waals surface area (Å²) in [7, 11) is 0. The van der Waals surface area contributed by atoms with E-state index < -0.39 is 0 Å². The van der Waals surface area contributed by atoms with Gasteiger partial charge in [-0.05, 0) is 6.42 Å². The van der Waals surface area contributed by atoms with Gasteiger partial charge in [-0.25, -0.2) is 9.97 Å². The average molecular weight is 305 g/mol. The van der Waals surface area contributed by atoms with Crippen LogP contribution in [0.2, 0.25) is 0 Å². The Hall–Kier alpha value is -2.18. The number of unbranched alkanes of at least 4 members (excludes halogenated alkanes) is 2. The van der Waals surface area contributed by atoms with E-state index in [-0.39, 0.29) is 5.91 Å². The molecule has 1 N–H and O–H groups in total. The van der Waals surface area contributed by atoms with Gasteiger partial charge in [0.15, 0.2) is 0 Å². The fraction of sp³-hybridized carbons (Fsp3) is 0.600. The van der Waals surface area contributed by atoms with E-state index in [0.717, 1.165) is 31.5 Å². The Bertz CT molecular complexity index is 500. The van der Waals surface area contributed by atoms with Crippen molar-refractivity contribution in [1.29, 1.82) is 0 Å². The molecule has 1 aromatic heterocycles. The Balaban J connectivity index is 1.92. The molecule has 0 aromatic carbocycles. The minimum atomic E-state index is -0.161. The van der Waals surface area contributed by atoms with E-state index in [9.17, 15) is 9.59 Å². The number of carbonyl (C=O) groups is 2. The van der Waals surface area contributed by atoms with E-state index >= 15 is 0 Å². The van der Waals surface area contributed by atoms with Crippen LogP contribution in [-0.2, 0) is 4.79 Å². The smallest absolute Gasteiger partial charge is 0.270 e. The number of hydrogen-bond acceptors (Lipinski definition) is 5. The Morgan fingerprint density at radius 2 is 2.05 bits per heavy atom. The van der Waals surface area contributed by atoms with E-state index in [1.165, 1.54) is 6.33 Å². The molecule has 0 bridgehead atoms. The number of nitrogens with one attached hydrogen (secondary N) is 1. The van der Waals surface area contributed by atoms with Crippen molar-refractivity contribution in [2.75, 3.05) is 37.6 Å². The van der Waals surface area contributed by atoms with Gasteiger partial charge < -0.3 is 15.1 Å². The first-order chi connectivity index (χ1) is 10.7. The molecule has 1 aliphatic rings. The molecule has 1 aliphatic heterocycles. The molecule has 22 heavy (non-hydrogen) atoms. The van der Waals surface area contributed by atoms with Gasteiger partial charge in [-0.2, -0.15) is 0 Å². The third kappa shape index (κ3) is 4.41. The lowest BCUT2D eigenvalue weighted by Crippen LogP contribution is -2.46. The SMILES string of the molecule is CCCCCNC(=O)c1cc(N2CCN(C=O)CC2)ncn1. The number of amides is 2. The maximum atomic E-state index is 12.1. The second-order valence-electron chi connectivity index (χ2n) is 5.35. The third-order valence-corrected chi connectivity index (χ3v) is 3.74. The molecular formula is C15H23N5O2. The number of aromatic nitrogens is 2. The van der Waals surface area contributed by atoms with Crippen molar-refractivity contribution in [3.05, 3.63) is 18.1 Å². The molecule has 120 valence electrons. The van der Waals surface area contributed by atoms with Gasteiger partial charge in [0.2, 0.25) is 6.41 Å². The summed E-state index contributed by atoms with van der Waals surface area (Å²) in [6, 6.07) is 1.71. The molecule has 0 spiro atoms. The maximum absolute atomic E-state index is 12.1. The van der Waals surface area contributed by atoms with Gasteiger partial charge in [0, 0.05) is 38.8 Å². The number of rotatable bonds is 7. The molecule has 2 amide bonds. The predicted octanol–water partition coefficient (Wildman–Crippen LogP) is 0.675. The molecule has 0 aliphatic carbocycles. The first-order valence-corrected chi connectivity index (χ1v) is 7.79. The van der Waals surface area contributed by atoms with Crippen molar-refractivity contribution < 1.29 is 9.59 Å². The van der Waals surface area contributed by atoms with Crippen LogP contribution in [0.15, 0.2) is 12.4 Å². The van der Waals surface area contributed by atoms with Crippen molar-refractivity contribution in [3.8, 4) is 0 Å². The summed E-state index contributed by atoms with van der Waals surface area (Å²) in [5.41, 5.74) is 0.388. The van der Waals surface area contributed by atoms with Gasteiger partial charge in [-0.1, -0.05) is 19.8 Å². The molecule has 1 saturated heterocycles. The van der Waals surface area contributed by atoms with E-state index in [1.807, 2.05) is 0 Å². The molecule has 1 aromatic rings. The van der Waals surface area contributed by atoms with E-state index in [2.05, 4.69) is 27.1 Å². The van der Waals surface area contributed by atoms with Crippen LogP contribution < -0.4 is 10.2 Å². The normalized spacial score (nSPS) is 14.8. The van der Waals surface area contributed by atoms with Gasteiger partial charge >= 0.3 is 0 Å². The molecule has 2 heterocycles. The standard InChI is InChI=1S/C15H23N5O2/c1-2-3-4-5-16-15(22)13-10-14(18-11-17-13)20-8-6-19(12-21)7-9-20/h10-12H,2-9H2,1H3,(H,16,22). The summed E-state index contributed by atoms with van der Waals surface area (Å²) in [6.45, 7) is 5.58. The van der Waals surface area contributed by atoms with E-state index in [0.29, 0.717) is 38.4 Å². The minimum Gasteiger partial charge on any atom is -0.353 e. The van der Waals surface area contributed by atoms with Crippen LogP contribution in [0, 0.1) is 0 Å². The van der Waals surface area contributed by atoms with Gasteiger partial charge in [0.25, 0.3) is 5.91 Å². The largest absolute Gasteiger partial charge is 0.353 e. The number of piperazine rings is 1. The lowest BCUT2D eigenvalue weighted by atomic mass is 10.2. The lowest BCUT2D eigenvalue weighted by molar-refractivity contribution is -0.118. The van der Waals surface area contributed by atoms with Crippen molar-refractivity contribution in [3.63, 3.8) is 0 Å². The summed E-state index contributed by atoms with van der Waals surface area (Å²) in [5.74, 6) is 0.575. The highest BCUT2D eigenvalue weighted by Gasteiger charge is 2.18. The zero-order chi connectivity index (χ0) is 15.8. The van der Waals surface area contributed by atoms with E-state index in [1.54, 1.807) is 11.0 Å². The van der Waals surface area contributed by atoms with Crippen LogP contribution in [0.1, 0.15) is 36.7 Å². The first-order valence-electron chi connectivity index (χ1n) is 7.79. The van der Waals surface area contributed by atoms with Crippen LogP contribution in [0.5, 0.6) is 0 Å². The Kier molecular flexibility index (Phi) is 6.12. The van der Waals surface area contributed by atoms with Crippen molar-refractivity contribution in [2.45, 2.75) is 26.2 Å². The van der Waals surface area contributed by atoms with Crippen molar-refractivity contribution in [1.82, 2.24) is 20.2 Å². The van der Waals surface area contributed by atoms with Crippen LogP contribution in [-0.4, -0.2) is 59.9 Å².